The summed E-state index contributed by atoms with van der Waals surface area (Å²) in [7, 11) is -3.11. The molecule has 2 N–H and O–H groups in total. The molecule has 1 atom stereocenters. The summed E-state index contributed by atoms with van der Waals surface area (Å²) in [6, 6.07) is -0.725. The molecular weight excluding hydrogens is 304 g/mol. The lowest BCUT2D eigenvalue weighted by atomic mass is 10.2. The quantitative estimate of drug-likeness (QED) is 0.714. The standard InChI is InChI=1S/C11H20N2O5S2/c1-2-20(17,18)6-3-12-11(16)13-4-5-19-8-9(13)7-10(14)15/h9H,2-8H2,1H3,(H,12,16)(H,14,15). The van der Waals surface area contributed by atoms with Gasteiger partial charge in [0, 0.05) is 30.3 Å². The normalized spacial score (nSPS) is 19.6. The number of rotatable bonds is 6. The van der Waals surface area contributed by atoms with Gasteiger partial charge in [-0.1, -0.05) is 6.92 Å². The lowest BCUT2D eigenvalue weighted by molar-refractivity contribution is -0.137. The van der Waals surface area contributed by atoms with E-state index < -0.39 is 15.8 Å². The zero-order valence-corrected chi connectivity index (χ0v) is 13.0. The molecule has 1 saturated heterocycles. The SMILES string of the molecule is CCS(=O)(=O)CCNC(=O)N1CCSCC1CC(=O)O. The molecule has 0 aromatic carbocycles. The molecule has 1 aliphatic heterocycles. The Labute approximate surface area is 123 Å². The smallest absolute Gasteiger partial charge is 0.317 e. The zero-order chi connectivity index (χ0) is 15.2. The first-order valence-electron chi connectivity index (χ1n) is 6.40. The van der Waals surface area contributed by atoms with Gasteiger partial charge in [0.1, 0.15) is 0 Å². The van der Waals surface area contributed by atoms with E-state index in [0.717, 1.165) is 5.75 Å². The van der Waals surface area contributed by atoms with E-state index in [1.807, 2.05) is 0 Å². The highest BCUT2D eigenvalue weighted by Crippen LogP contribution is 2.18. The van der Waals surface area contributed by atoms with Crippen LogP contribution in [-0.4, -0.2) is 72.6 Å². The Balaban J connectivity index is 2.49. The number of carbonyl (C=O) groups is 2. The van der Waals surface area contributed by atoms with Gasteiger partial charge in [-0.2, -0.15) is 11.8 Å². The van der Waals surface area contributed by atoms with Crippen molar-refractivity contribution in [3.63, 3.8) is 0 Å². The van der Waals surface area contributed by atoms with Crippen molar-refractivity contribution in [3.8, 4) is 0 Å². The number of urea groups is 1. The maximum absolute atomic E-state index is 12.0. The van der Waals surface area contributed by atoms with Gasteiger partial charge in [-0.3, -0.25) is 4.79 Å². The first-order chi connectivity index (χ1) is 9.35. The van der Waals surface area contributed by atoms with Crippen molar-refractivity contribution in [3.05, 3.63) is 0 Å². The molecule has 0 saturated carbocycles. The minimum Gasteiger partial charge on any atom is -0.481 e. The van der Waals surface area contributed by atoms with E-state index in [2.05, 4.69) is 5.32 Å². The van der Waals surface area contributed by atoms with Gasteiger partial charge < -0.3 is 15.3 Å². The van der Waals surface area contributed by atoms with Crippen molar-refractivity contribution in [1.29, 1.82) is 0 Å². The average Bonchev–Trinajstić information content (AvgIpc) is 2.38. The second kappa shape index (κ2) is 7.72. The van der Waals surface area contributed by atoms with E-state index in [1.165, 1.54) is 4.90 Å². The molecule has 7 nitrogen and oxygen atoms in total. The Kier molecular flexibility index (Phi) is 6.60. The van der Waals surface area contributed by atoms with E-state index in [0.29, 0.717) is 12.3 Å². The molecule has 1 aliphatic rings. The maximum Gasteiger partial charge on any atom is 0.317 e. The summed E-state index contributed by atoms with van der Waals surface area (Å²) in [4.78, 5) is 24.2. The van der Waals surface area contributed by atoms with Crippen molar-refractivity contribution in [1.82, 2.24) is 10.2 Å². The zero-order valence-electron chi connectivity index (χ0n) is 11.4. The van der Waals surface area contributed by atoms with Gasteiger partial charge in [0.25, 0.3) is 0 Å². The molecule has 0 aromatic rings. The number of carbonyl (C=O) groups excluding carboxylic acids is 1. The summed E-state index contributed by atoms with van der Waals surface area (Å²) in [5.41, 5.74) is 0. The number of aliphatic carboxylic acids is 1. The monoisotopic (exact) mass is 324 g/mol. The van der Waals surface area contributed by atoms with Crippen molar-refractivity contribution >= 4 is 33.6 Å². The van der Waals surface area contributed by atoms with Crippen LogP contribution in [-0.2, 0) is 14.6 Å². The molecule has 0 aliphatic carbocycles. The Hall–Kier alpha value is -0.960. The van der Waals surface area contributed by atoms with Crippen LogP contribution in [0.3, 0.4) is 0 Å². The fourth-order valence-electron chi connectivity index (χ4n) is 1.85. The second-order valence-corrected chi connectivity index (χ2v) is 8.11. The number of nitrogens with zero attached hydrogens (tertiary/aromatic N) is 1. The average molecular weight is 324 g/mol. The molecule has 1 unspecified atom stereocenters. The van der Waals surface area contributed by atoms with Crippen LogP contribution < -0.4 is 5.32 Å². The number of carboxylic acids is 1. The van der Waals surface area contributed by atoms with Crippen LogP contribution in [0, 0.1) is 0 Å². The number of sulfone groups is 1. The van der Waals surface area contributed by atoms with Crippen molar-refractivity contribution in [2.45, 2.75) is 19.4 Å². The predicted molar refractivity (Wildman–Crippen MR) is 77.8 cm³/mol. The third-order valence-electron chi connectivity index (χ3n) is 3.03. The number of thioether (sulfide) groups is 1. The van der Waals surface area contributed by atoms with Gasteiger partial charge in [-0.15, -0.1) is 0 Å². The minimum atomic E-state index is -3.11. The van der Waals surface area contributed by atoms with Crippen molar-refractivity contribution < 1.29 is 23.1 Å². The molecule has 0 spiro atoms. The first-order valence-corrected chi connectivity index (χ1v) is 9.37. The second-order valence-electron chi connectivity index (χ2n) is 4.49. The molecule has 0 aromatic heterocycles. The van der Waals surface area contributed by atoms with Crippen molar-refractivity contribution in [2.24, 2.45) is 0 Å². The van der Waals surface area contributed by atoms with Gasteiger partial charge in [0.05, 0.1) is 18.2 Å². The van der Waals surface area contributed by atoms with Gasteiger partial charge in [-0.25, -0.2) is 13.2 Å². The summed E-state index contributed by atoms with van der Waals surface area (Å²) in [5, 5.41) is 11.4. The summed E-state index contributed by atoms with van der Waals surface area (Å²) < 4.78 is 22.6. The largest absolute Gasteiger partial charge is 0.481 e. The number of nitrogens with one attached hydrogen (secondary N) is 1. The van der Waals surface area contributed by atoms with E-state index in [9.17, 15) is 18.0 Å². The Morgan fingerprint density at radius 3 is 2.75 bits per heavy atom. The van der Waals surface area contributed by atoms with Gasteiger partial charge in [-0.05, 0) is 0 Å². The van der Waals surface area contributed by atoms with E-state index >= 15 is 0 Å². The molecule has 9 heteroatoms. The number of carboxylic acid groups (broad SMARTS) is 1. The summed E-state index contributed by atoms with van der Waals surface area (Å²) >= 11 is 1.62. The topological polar surface area (TPSA) is 104 Å². The van der Waals surface area contributed by atoms with E-state index in [1.54, 1.807) is 18.7 Å². The van der Waals surface area contributed by atoms with Gasteiger partial charge in [0.15, 0.2) is 9.84 Å². The molecular formula is C11H20N2O5S2. The van der Waals surface area contributed by atoms with Crippen LogP contribution in [0.5, 0.6) is 0 Å². The summed E-state index contributed by atoms with van der Waals surface area (Å²) in [6.45, 7) is 2.09. The predicted octanol–water partition coefficient (Wildman–Crippen LogP) is 0.0228. The summed E-state index contributed by atoms with van der Waals surface area (Å²) in [5.74, 6) is 0.361. The van der Waals surface area contributed by atoms with Crippen LogP contribution in [0.1, 0.15) is 13.3 Å². The highest BCUT2D eigenvalue weighted by Gasteiger charge is 2.28. The van der Waals surface area contributed by atoms with E-state index in [-0.39, 0.29) is 36.5 Å². The third-order valence-corrected chi connectivity index (χ3v) is 5.83. The Morgan fingerprint density at radius 1 is 1.45 bits per heavy atom. The Bertz CT molecular complexity index is 452. The molecule has 1 fully saturated rings. The molecule has 0 bridgehead atoms. The van der Waals surface area contributed by atoms with Crippen LogP contribution >= 0.6 is 11.8 Å². The molecule has 0 radical (unpaired) electrons. The number of amides is 2. The maximum atomic E-state index is 12.0. The van der Waals surface area contributed by atoms with Crippen molar-refractivity contribution in [2.75, 3.05) is 36.1 Å². The summed E-state index contributed by atoms with van der Waals surface area (Å²) in [6.07, 6.45) is -0.0896. The molecule has 1 rings (SSSR count). The van der Waals surface area contributed by atoms with Gasteiger partial charge >= 0.3 is 12.0 Å². The molecule has 20 heavy (non-hydrogen) atoms. The lowest BCUT2D eigenvalue weighted by Crippen LogP contribution is -2.51. The number of hydrogen-bond acceptors (Lipinski definition) is 5. The Morgan fingerprint density at radius 2 is 2.15 bits per heavy atom. The van der Waals surface area contributed by atoms with Crippen LogP contribution in [0.2, 0.25) is 0 Å². The van der Waals surface area contributed by atoms with E-state index in [4.69, 9.17) is 5.11 Å². The third kappa shape index (κ3) is 5.58. The van der Waals surface area contributed by atoms with Crippen LogP contribution in [0.4, 0.5) is 4.79 Å². The lowest BCUT2D eigenvalue weighted by Gasteiger charge is -2.34. The fraction of sp³-hybridized carbons (Fsp3) is 0.818. The molecule has 116 valence electrons. The molecule has 2 amide bonds. The minimum absolute atomic E-state index is 0.0465. The highest BCUT2D eigenvalue weighted by atomic mass is 32.2. The first kappa shape index (κ1) is 17.1. The van der Waals surface area contributed by atoms with Crippen LogP contribution in [0.25, 0.3) is 0 Å². The number of hydrogen-bond donors (Lipinski definition) is 2. The highest BCUT2D eigenvalue weighted by molar-refractivity contribution is 7.99. The van der Waals surface area contributed by atoms with Gasteiger partial charge in [0.2, 0.25) is 0 Å². The van der Waals surface area contributed by atoms with Crippen LogP contribution in [0.15, 0.2) is 0 Å². The molecule has 1 heterocycles. The fourth-order valence-corrected chi connectivity index (χ4v) is 3.62.